The summed E-state index contributed by atoms with van der Waals surface area (Å²) in [7, 11) is 0. The molecule has 0 fully saturated rings. The largest absolute Gasteiger partial charge is 1.00 e. The van der Waals surface area contributed by atoms with E-state index in [2.05, 4.69) is 131 Å². The average Bonchev–Trinajstić information content (AvgIpc) is 3.56. The van der Waals surface area contributed by atoms with Gasteiger partial charge in [-0.2, -0.15) is 6.08 Å². The van der Waals surface area contributed by atoms with E-state index in [-0.39, 0.29) is 24.8 Å². The quantitative estimate of drug-likeness (QED) is 0.206. The van der Waals surface area contributed by atoms with Crippen molar-refractivity contribution in [3.8, 4) is 0 Å². The second kappa shape index (κ2) is 15.5. The number of benzene rings is 4. The molecular formula is C34H32Cl2SiZr-2. The molecular weight excluding hydrogens is 599 g/mol. The van der Waals surface area contributed by atoms with E-state index in [1.54, 1.807) is 23.3 Å². The van der Waals surface area contributed by atoms with Crippen LogP contribution in [0.2, 0.25) is 0 Å². The number of rotatable bonds is 2. The molecule has 0 aliphatic heterocycles. The van der Waals surface area contributed by atoms with E-state index in [9.17, 15) is 0 Å². The summed E-state index contributed by atoms with van der Waals surface area (Å²) in [4.78, 5) is 0. The van der Waals surface area contributed by atoms with Crippen LogP contribution in [0.4, 0.5) is 0 Å². The number of aryl methyl sites for hydroxylation is 4. The first-order chi connectivity index (χ1) is 17.4. The zero-order valence-corrected chi connectivity index (χ0v) is 27.3. The number of fused-ring (bicyclic) bond motifs is 3. The molecule has 38 heavy (non-hydrogen) atoms. The molecule has 0 N–H and O–H groups in total. The SMILES string of the molecule is Cc1ccc([Si](=[Zr+2])c2ccc(C)cc2)cc1.Cc1ccc2c(c1)[cH-]c1cc(C)ccc12.[C-]1=CC=CC1.[Cl-].[Cl-]. The molecule has 0 aromatic heterocycles. The van der Waals surface area contributed by atoms with Gasteiger partial charge in [-0.05, 0) is 13.8 Å². The molecule has 0 saturated heterocycles. The van der Waals surface area contributed by atoms with Crippen LogP contribution in [0.15, 0.2) is 109 Å². The molecule has 4 heteroatoms. The van der Waals surface area contributed by atoms with Crippen molar-refractivity contribution < 1.29 is 48.1 Å². The van der Waals surface area contributed by atoms with Gasteiger partial charge in [-0.25, -0.2) is 12.2 Å². The van der Waals surface area contributed by atoms with Crippen molar-refractivity contribution in [2.75, 3.05) is 0 Å². The molecule has 0 radical (unpaired) electrons. The summed E-state index contributed by atoms with van der Waals surface area (Å²) in [5.74, 6) is 0. The van der Waals surface area contributed by atoms with Crippen molar-refractivity contribution in [3.63, 3.8) is 0 Å². The van der Waals surface area contributed by atoms with Crippen LogP contribution < -0.4 is 35.2 Å². The minimum Gasteiger partial charge on any atom is -1.00 e. The van der Waals surface area contributed by atoms with Crippen LogP contribution in [0.1, 0.15) is 28.7 Å². The van der Waals surface area contributed by atoms with Gasteiger partial charge in [-0.3, -0.25) is 6.08 Å². The molecule has 0 unspecified atom stereocenters. The van der Waals surface area contributed by atoms with Crippen LogP contribution in [0.5, 0.6) is 0 Å². The minimum atomic E-state index is -0.488. The van der Waals surface area contributed by atoms with Crippen LogP contribution >= 0.6 is 0 Å². The van der Waals surface area contributed by atoms with Crippen molar-refractivity contribution in [2.24, 2.45) is 0 Å². The fourth-order valence-corrected chi connectivity index (χ4v) is 8.00. The Kier molecular flexibility index (Phi) is 13.1. The van der Waals surface area contributed by atoms with Gasteiger partial charge in [0.2, 0.25) is 0 Å². The van der Waals surface area contributed by atoms with Crippen LogP contribution in [-0.2, 0) is 23.3 Å². The van der Waals surface area contributed by atoms with E-state index in [4.69, 9.17) is 0 Å². The monoisotopic (exact) mass is 628 g/mol. The third kappa shape index (κ3) is 8.72. The molecule has 6 rings (SSSR count). The van der Waals surface area contributed by atoms with E-state index < -0.39 is 5.43 Å². The average molecular weight is 631 g/mol. The Morgan fingerprint density at radius 2 is 1.05 bits per heavy atom. The molecule has 5 aromatic rings. The molecule has 0 heterocycles. The Morgan fingerprint density at radius 3 is 1.39 bits per heavy atom. The molecule has 1 aliphatic carbocycles. The molecule has 0 atom stereocenters. The van der Waals surface area contributed by atoms with E-state index >= 15 is 0 Å². The second-order valence-corrected chi connectivity index (χ2v) is 15.0. The van der Waals surface area contributed by atoms with Gasteiger partial charge in [0.25, 0.3) is 0 Å². The molecule has 0 bridgehead atoms. The molecule has 192 valence electrons. The third-order valence-electron chi connectivity index (χ3n) is 6.28. The van der Waals surface area contributed by atoms with E-state index in [0.717, 1.165) is 6.42 Å². The standard InChI is InChI=1S/C15H13.C14H14Si.C5H5.2ClH.Zr/c1-10-3-5-14-12(7-10)9-13-8-11(2)4-6-15(13)14;1-11-3-7-13(8-4-11)15-14-9-5-12(2)6-10-14;1-2-4-5-3-1;;;/h3-9H,1-2H3;3-10H,1-2H3;1-3H,4H2;2*1H;/q-1;;-1;;;+2/p-2. The summed E-state index contributed by atoms with van der Waals surface area (Å²) >= 11 is 1.65. The Hall–Kier alpha value is -2.09. The number of hydrogen-bond donors (Lipinski definition) is 0. The maximum absolute atomic E-state index is 2.99. The summed E-state index contributed by atoms with van der Waals surface area (Å²) in [5, 5.41) is 8.51. The van der Waals surface area contributed by atoms with Crippen molar-refractivity contribution in [2.45, 2.75) is 34.1 Å². The summed E-state index contributed by atoms with van der Waals surface area (Å²) < 4.78 is 0. The maximum Gasteiger partial charge on any atom is -0.0469 e. The summed E-state index contributed by atoms with van der Waals surface area (Å²) in [6.07, 6.45) is 10.0. The third-order valence-corrected chi connectivity index (χ3v) is 12.4. The molecule has 0 amide bonds. The Bertz CT molecular complexity index is 1430. The molecule has 0 saturated carbocycles. The van der Waals surface area contributed by atoms with Crippen molar-refractivity contribution in [3.05, 3.63) is 138 Å². The molecule has 0 spiro atoms. The number of allylic oxidation sites excluding steroid dienone is 4. The smallest absolute Gasteiger partial charge is 0.0469 e. The van der Waals surface area contributed by atoms with Crippen molar-refractivity contribution in [1.29, 1.82) is 0 Å². The van der Waals surface area contributed by atoms with Gasteiger partial charge in [-0.15, -0.1) is 46.2 Å². The van der Waals surface area contributed by atoms with E-state index in [0.29, 0.717) is 0 Å². The second-order valence-electron chi connectivity index (χ2n) is 9.44. The first kappa shape index (κ1) is 32.1. The zero-order chi connectivity index (χ0) is 25.5. The van der Waals surface area contributed by atoms with E-state index in [1.807, 2.05) is 12.2 Å². The van der Waals surface area contributed by atoms with Gasteiger partial charge >= 0.3 is 113 Å². The number of hydrogen-bond acceptors (Lipinski definition) is 0. The Labute approximate surface area is 255 Å². The van der Waals surface area contributed by atoms with Gasteiger partial charge in [0.05, 0.1) is 0 Å². The predicted octanol–water partition coefficient (Wildman–Crippen LogP) is 1.60. The first-order valence-electron chi connectivity index (χ1n) is 12.4. The summed E-state index contributed by atoms with van der Waals surface area (Å²) in [6, 6.07) is 33.6. The minimum absolute atomic E-state index is 0. The fourth-order valence-electron chi connectivity index (χ4n) is 4.21. The van der Waals surface area contributed by atoms with Gasteiger partial charge in [0.1, 0.15) is 0 Å². The first-order valence-corrected chi connectivity index (χ1v) is 17.6. The Morgan fingerprint density at radius 1 is 0.632 bits per heavy atom. The Balaban J connectivity index is 0.000000216. The topological polar surface area (TPSA) is 0 Å². The van der Waals surface area contributed by atoms with Crippen LogP contribution in [0.25, 0.3) is 21.5 Å². The van der Waals surface area contributed by atoms with E-state index in [1.165, 1.54) is 54.2 Å². The predicted molar refractivity (Wildman–Crippen MR) is 155 cm³/mol. The van der Waals surface area contributed by atoms with Gasteiger partial charge < -0.3 is 24.8 Å². The fraction of sp³-hybridized carbons (Fsp3) is 0.147. The molecule has 5 aromatic carbocycles. The van der Waals surface area contributed by atoms with Crippen molar-refractivity contribution in [1.82, 2.24) is 0 Å². The van der Waals surface area contributed by atoms with Gasteiger partial charge in [0, 0.05) is 0 Å². The maximum atomic E-state index is 2.99. The normalized spacial score (nSPS) is 11.1. The van der Waals surface area contributed by atoms with Gasteiger partial charge in [-0.1, -0.05) is 35.4 Å². The van der Waals surface area contributed by atoms with Crippen LogP contribution in [0.3, 0.4) is 0 Å². The summed E-state index contributed by atoms with van der Waals surface area (Å²) in [5.41, 5.74) is 4.86. The summed E-state index contributed by atoms with van der Waals surface area (Å²) in [6.45, 7) is 8.57. The molecule has 1 aliphatic rings. The van der Waals surface area contributed by atoms with Crippen molar-refractivity contribution >= 4 is 37.4 Å². The van der Waals surface area contributed by atoms with Crippen LogP contribution in [-0.4, -0.2) is 5.43 Å². The van der Waals surface area contributed by atoms with Crippen LogP contribution in [0, 0.1) is 33.8 Å². The zero-order valence-electron chi connectivity index (χ0n) is 22.4. The number of halogens is 2. The van der Waals surface area contributed by atoms with Gasteiger partial charge in [0.15, 0.2) is 0 Å². The molecule has 0 nitrogen and oxygen atoms in total.